The predicted octanol–water partition coefficient (Wildman–Crippen LogP) is 3.28. The maximum atomic E-state index is 12.9. The van der Waals surface area contributed by atoms with E-state index in [-0.39, 0.29) is 23.7 Å². The molecule has 1 unspecified atom stereocenters. The molecule has 0 bridgehead atoms. The van der Waals surface area contributed by atoms with Crippen LogP contribution in [0.25, 0.3) is 0 Å². The van der Waals surface area contributed by atoms with Crippen molar-refractivity contribution in [1.82, 2.24) is 4.90 Å². The molecule has 1 saturated carbocycles. The van der Waals surface area contributed by atoms with Crippen LogP contribution >= 0.6 is 0 Å². The molecule has 0 N–H and O–H groups in total. The monoisotopic (exact) mass is 285 g/mol. The van der Waals surface area contributed by atoms with E-state index < -0.39 is 0 Å². The number of aryl methyl sites for hydroxylation is 2. The van der Waals surface area contributed by atoms with E-state index in [2.05, 4.69) is 0 Å². The molecule has 0 aromatic heterocycles. The van der Waals surface area contributed by atoms with Crippen molar-refractivity contribution in [3.8, 4) is 0 Å². The first kappa shape index (κ1) is 14.3. The van der Waals surface area contributed by atoms with E-state index in [1.807, 2.05) is 36.9 Å². The number of rotatable bonds is 3. The highest BCUT2D eigenvalue weighted by Gasteiger charge is 2.39. The third kappa shape index (κ3) is 2.61. The molecule has 21 heavy (non-hydrogen) atoms. The molecule has 1 aromatic rings. The third-order valence-electron chi connectivity index (χ3n) is 4.95. The van der Waals surface area contributed by atoms with Crippen LogP contribution in [0.4, 0.5) is 0 Å². The van der Waals surface area contributed by atoms with E-state index in [1.54, 1.807) is 0 Å². The molecule has 1 aromatic carbocycles. The van der Waals surface area contributed by atoms with Gasteiger partial charge in [-0.1, -0.05) is 24.1 Å². The molecule has 1 heterocycles. The first-order valence-corrected chi connectivity index (χ1v) is 8.00. The maximum Gasteiger partial charge on any atom is 0.226 e. The van der Waals surface area contributed by atoms with Gasteiger partial charge in [0.25, 0.3) is 0 Å². The zero-order valence-corrected chi connectivity index (χ0v) is 12.9. The SMILES string of the molecule is Cc1ccc(C)c(C(=O)C2CCCN2C(=O)C2CCC2)c1. The van der Waals surface area contributed by atoms with Crippen LogP contribution in [-0.2, 0) is 4.79 Å². The molecule has 1 aliphatic heterocycles. The smallest absolute Gasteiger partial charge is 0.226 e. The number of amides is 1. The van der Waals surface area contributed by atoms with Gasteiger partial charge in [-0.2, -0.15) is 0 Å². The molecule has 3 nitrogen and oxygen atoms in total. The van der Waals surface area contributed by atoms with Crippen LogP contribution in [0.2, 0.25) is 0 Å². The van der Waals surface area contributed by atoms with Crippen molar-refractivity contribution < 1.29 is 9.59 Å². The number of hydrogen-bond acceptors (Lipinski definition) is 2. The molecule has 1 atom stereocenters. The Labute approximate surface area is 126 Å². The van der Waals surface area contributed by atoms with Crippen LogP contribution in [0, 0.1) is 19.8 Å². The van der Waals surface area contributed by atoms with Gasteiger partial charge in [-0.05, 0) is 51.2 Å². The highest BCUT2D eigenvalue weighted by atomic mass is 16.2. The largest absolute Gasteiger partial charge is 0.332 e. The lowest BCUT2D eigenvalue weighted by atomic mass is 9.84. The molecular weight excluding hydrogens is 262 g/mol. The fourth-order valence-electron chi connectivity index (χ4n) is 3.37. The van der Waals surface area contributed by atoms with Crippen LogP contribution in [0.5, 0.6) is 0 Å². The van der Waals surface area contributed by atoms with Crippen molar-refractivity contribution in [2.24, 2.45) is 5.92 Å². The standard InChI is InChI=1S/C18H23NO2/c1-12-8-9-13(2)15(11-12)17(20)16-7-4-10-19(16)18(21)14-5-3-6-14/h8-9,11,14,16H,3-7,10H2,1-2H3. The van der Waals surface area contributed by atoms with Gasteiger partial charge in [0.05, 0.1) is 6.04 Å². The van der Waals surface area contributed by atoms with Crippen molar-refractivity contribution in [1.29, 1.82) is 0 Å². The summed E-state index contributed by atoms with van der Waals surface area (Å²) in [5.41, 5.74) is 2.89. The van der Waals surface area contributed by atoms with Gasteiger partial charge >= 0.3 is 0 Å². The Morgan fingerprint density at radius 3 is 2.52 bits per heavy atom. The van der Waals surface area contributed by atoms with Gasteiger partial charge in [0.2, 0.25) is 5.91 Å². The first-order chi connectivity index (χ1) is 10.1. The molecule has 0 spiro atoms. The number of likely N-dealkylation sites (tertiary alicyclic amines) is 1. The van der Waals surface area contributed by atoms with Crippen LogP contribution in [0.3, 0.4) is 0 Å². The quantitative estimate of drug-likeness (QED) is 0.799. The summed E-state index contributed by atoms with van der Waals surface area (Å²) in [7, 11) is 0. The van der Waals surface area contributed by atoms with Crippen LogP contribution in [0.1, 0.15) is 53.6 Å². The minimum absolute atomic E-state index is 0.126. The molecule has 1 saturated heterocycles. The zero-order chi connectivity index (χ0) is 15.0. The highest BCUT2D eigenvalue weighted by Crippen LogP contribution is 2.32. The van der Waals surface area contributed by atoms with E-state index in [1.165, 1.54) is 0 Å². The lowest BCUT2D eigenvalue weighted by Gasteiger charge is -2.32. The lowest BCUT2D eigenvalue weighted by Crippen LogP contribution is -2.45. The molecule has 112 valence electrons. The Kier molecular flexibility index (Phi) is 3.83. The zero-order valence-electron chi connectivity index (χ0n) is 12.9. The number of hydrogen-bond donors (Lipinski definition) is 0. The second-order valence-corrected chi connectivity index (χ2v) is 6.50. The van der Waals surface area contributed by atoms with Crippen molar-refractivity contribution in [2.75, 3.05) is 6.54 Å². The fourth-order valence-corrected chi connectivity index (χ4v) is 3.37. The summed E-state index contributed by atoms with van der Waals surface area (Å²) in [6.07, 6.45) is 4.91. The maximum absolute atomic E-state index is 12.9. The number of carbonyl (C=O) groups is 2. The second-order valence-electron chi connectivity index (χ2n) is 6.50. The predicted molar refractivity (Wildman–Crippen MR) is 82.3 cm³/mol. The van der Waals surface area contributed by atoms with Crippen molar-refractivity contribution >= 4 is 11.7 Å². The average Bonchev–Trinajstić information content (AvgIpc) is 2.88. The molecule has 3 heteroatoms. The summed E-state index contributed by atoms with van der Waals surface area (Å²) >= 11 is 0. The third-order valence-corrected chi connectivity index (χ3v) is 4.95. The molecule has 1 aliphatic carbocycles. The van der Waals surface area contributed by atoms with Crippen LogP contribution < -0.4 is 0 Å². The lowest BCUT2D eigenvalue weighted by molar-refractivity contribution is -0.138. The van der Waals surface area contributed by atoms with Crippen molar-refractivity contribution in [3.63, 3.8) is 0 Å². The van der Waals surface area contributed by atoms with Crippen LogP contribution in [-0.4, -0.2) is 29.2 Å². The van der Waals surface area contributed by atoms with E-state index >= 15 is 0 Å². The van der Waals surface area contributed by atoms with Gasteiger partial charge in [0, 0.05) is 18.0 Å². The Bertz CT molecular complexity index is 575. The second kappa shape index (κ2) is 5.63. The number of benzene rings is 1. The number of nitrogens with zero attached hydrogens (tertiary/aromatic N) is 1. The molecule has 3 rings (SSSR count). The topological polar surface area (TPSA) is 37.4 Å². The van der Waals surface area contributed by atoms with E-state index in [0.29, 0.717) is 0 Å². The molecule has 0 radical (unpaired) electrons. The number of ketones is 1. The normalized spacial score (nSPS) is 22.2. The Hall–Kier alpha value is -1.64. The number of carbonyl (C=O) groups excluding carboxylic acids is 2. The highest BCUT2D eigenvalue weighted by molar-refractivity contribution is 6.03. The molecular formula is C18H23NO2. The van der Waals surface area contributed by atoms with Crippen molar-refractivity contribution in [3.05, 3.63) is 34.9 Å². The Morgan fingerprint density at radius 1 is 1.10 bits per heavy atom. The molecule has 2 fully saturated rings. The summed E-state index contributed by atoms with van der Waals surface area (Å²) in [5, 5.41) is 0. The minimum atomic E-state index is -0.237. The summed E-state index contributed by atoms with van der Waals surface area (Å²) in [6.45, 7) is 4.72. The van der Waals surface area contributed by atoms with Gasteiger partial charge in [-0.15, -0.1) is 0 Å². The summed E-state index contributed by atoms with van der Waals surface area (Å²) in [4.78, 5) is 27.2. The van der Waals surface area contributed by atoms with Gasteiger partial charge in [-0.25, -0.2) is 0 Å². The van der Waals surface area contributed by atoms with Crippen molar-refractivity contribution in [2.45, 2.75) is 52.0 Å². The summed E-state index contributed by atoms with van der Waals surface area (Å²) in [6, 6.07) is 5.74. The van der Waals surface area contributed by atoms with Gasteiger partial charge in [0.15, 0.2) is 5.78 Å². The Morgan fingerprint density at radius 2 is 1.86 bits per heavy atom. The average molecular weight is 285 g/mol. The summed E-state index contributed by atoms with van der Waals surface area (Å²) in [5.74, 6) is 0.515. The van der Waals surface area contributed by atoms with E-state index in [4.69, 9.17) is 0 Å². The van der Waals surface area contributed by atoms with Crippen LogP contribution in [0.15, 0.2) is 18.2 Å². The minimum Gasteiger partial charge on any atom is -0.332 e. The van der Waals surface area contributed by atoms with E-state index in [9.17, 15) is 9.59 Å². The van der Waals surface area contributed by atoms with Gasteiger partial charge in [-0.3, -0.25) is 9.59 Å². The number of Topliss-reactive ketones (excluding diaryl/α,β-unsaturated/α-hetero) is 1. The Balaban J connectivity index is 1.82. The van der Waals surface area contributed by atoms with Gasteiger partial charge in [0.1, 0.15) is 0 Å². The van der Waals surface area contributed by atoms with E-state index in [0.717, 1.165) is 55.3 Å². The summed E-state index contributed by atoms with van der Waals surface area (Å²) < 4.78 is 0. The fraction of sp³-hybridized carbons (Fsp3) is 0.556. The first-order valence-electron chi connectivity index (χ1n) is 8.00. The molecule has 2 aliphatic rings. The van der Waals surface area contributed by atoms with Gasteiger partial charge < -0.3 is 4.90 Å². The molecule has 1 amide bonds.